The monoisotopic (exact) mass is 992 g/mol. The quantitative estimate of drug-likeness (QED) is 0.122. The number of esters is 2. The van der Waals surface area contributed by atoms with Gasteiger partial charge in [0, 0.05) is 20.7 Å². The fourth-order valence-electron chi connectivity index (χ4n) is 6.19. The molecule has 204 valence electrons. The van der Waals surface area contributed by atoms with E-state index in [1.165, 1.54) is 0 Å². The van der Waals surface area contributed by atoms with E-state index in [0.29, 0.717) is 40.0 Å². The lowest BCUT2D eigenvalue weighted by atomic mass is 9.48. The predicted molar refractivity (Wildman–Crippen MR) is 157 cm³/mol. The number of benzene rings is 1. The molecule has 2 N–H and O–H groups in total. The van der Waals surface area contributed by atoms with Crippen LogP contribution in [0.1, 0.15) is 59.2 Å². The van der Waals surface area contributed by atoms with Crippen LogP contribution in [-0.4, -0.2) is 53.4 Å². The first-order valence-corrected chi connectivity index (χ1v) is 16.5. The van der Waals surface area contributed by atoms with Crippen molar-refractivity contribution in [2.45, 2.75) is 49.4 Å². The zero-order chi connectivity index (χ0) is 27.7. The largest absolute Gasteiger partial charge is 0.478 e. The molecule has 0 aromatic heterocycles. The minimum Gasteiger partial charge on any atom is -0.478 e. The number of carboxylic acids is 1. The van der Waals surface area contributed by atoms with Crippen LogP contribution in [0.2, 0.25) is 0 Å². The lowest BCUT2D eigenvalue weighted by Gasteiger charge is -2.59. The third kappa shape index (κ3) is 5.48. The molecule has 4 fully saturated rings. The number of rotatable bonds is 7. The summed E-state index contributed by atoms with van der Waals surface area (Å²) >= 11 is 7.82. The van der Waals surface area contributed by atoms with Crippen molar-refractivity contribution in [3.63, 3.8) is 0 Å². The van der Waals surface area contributed by atoms with E-state index >= 15 is 0 Å². The second kappa shape index (κ2) is 10.3. The number of ether oxygens (including phenoxy) is 2. The highest BCUT2D eigenvalue weighted by atomic mass is 127. The summed E-state index contributed by atoms with van der Waals surface area (Å²) in [6.07, 6.45) is 2.25. The summed E-state index contributed by atoms with van der Waals surface area (Å²) in [7, 11) is -5.77. The molecule has 4 aliphatic carbocycles. The van der Waals surface area contributed by atoms with Gasteiger partial charge in [-0.15, -0.1) is 0 Å². The summed E-state index contributed by atoms with van der Waals surface area (Å²) in [5.41, 5.74) is -2.63. The molecular weight excluding hydrogens is 974 g/mol. The molecule has 9 nitrogen and oxygen atoms in total. The fourth-order valence-corrected chi connectivity index (χ4v) is 10.0. The topological polar surface area (TPSA) is 144 Å². The van der Waals surface area contributed by atoms with Crippen LogP contribution in [0.5, 0.6) is 0 Å². The first-order valence-electron chi connectivity index (χ1n) is 10.8. The Labute approximate surface area is 264 Å². The van der Waals surface area contributed by atoms with Crippen molar-refractivity contribution >= 4 is 118 Å². The molecule has 0 amide bonds. The highest BCUT2D eigenvalue weighted by Crippen LogP contribution is 2.63. The SMILES string of the molecule is O=C(O)c1c(I)c(I)c(I)c(I)c1C(=O)OC12CC3CC(C1)CC(C(=O)OCC(F)(F)S(=O)(=O)O)(C3)C2. The number of carboxylic acid groups (broad SMARTS) is 1. The molecule has 4 bridgehead atoms. The average Bonchev–Trinajstić information content (AvgIpc) is 2.75. The molecule has 1 aromatic carbocycles. The van der Waals surface area contributed by atoms with E-state index in [9.17, 15) is 36.7 Å². The maximum atomic E-state index is 13.7. The van der Waals surface area contributed by atoms with Gasteiger partial charge in [0.05, 0.1) is 16.5 Å². The van der Waals surface area contributed by atoms with Crippen molar-refractivity contribution < 1.29 is 50.7 Å². The number of hydrogen-bond donors (Lipinski definition) is 2. The number of carbonyl (C=O) groups is 3. The van der Waals surface area contributed by atoms with Crippen LogP contribution >= 0.6 is 90.4 Å². The normalized spacial score (nSPS) is 28.7. The third-order valence-corrected chi connectivity index (χ3v) is 15.5. The predicted octanol–water partition coefficient (Wildman–Crippen LogP) is 5.32. The smallest absolute Gasteiger partial charge is 0.402 e. The molecule has 0 spiro atoms. The molecule has 4 saturated carbocycles. The number of alkyl halides is 2. The van der Waals surface area contributed by atoms with Crippen molar-refractivity contribution in [1.29, 1.82) is 0 Å². The number of aromatic carboxylic acids is 1. The van der Waals surface area contributed by atoms with Crippen LogP contribution < -0.4 is 0 Å². The van der Waals surface area contributed by atoms with Gasteiger partial charge < -0.3 is 14.6 Å². The molecule has 1 aromatic rings. The van der Waals surface area contributed by atoms with Crippen LogP contribution in [0.15, 0.2) is 0 Å². The van der Waals surface area contributed by atoms with E-state index < -0.39 is 50.9 Å². The third-order valence-electron chi connectivity index (χ3n) is 7.18. The van der Waals surface area contributed by atoms with Crippen molar-refractivity contribution in [3.8, 4) is 0 Å². The van der Waals surface area contributed by atoms with Gasteiger partial charge in [0.25, 0.3) is 0 Å². The molecule has 37 heavy (non-hydrogen) atoms. The summed E-state index contributed by atoms with van der Waals surface area (Å²) in [4.78, 5) is 38.6. The van der Waals surface area contributed by atoms with Crippen LogP contribution in [0.3, 0.4) is 0 Å². The van der Waals surface area contributed by atoms with Gasteiger partial charge in [-0.3, -0.25) is 9.35 Å². The van der Waals surface area contributed by atoms with Crippen molar-refractivity contribution in [3.05, 3.63) is 25.4 Å². The first-order chi connectivity index (χ1) is 16.9. The number of carbonyl (C=O) groups excluding carboxylic acids is 2. The van der Waals surface area contributed by atoms with Gasteiger partial charge in [0.2, 0.25) is 0 Å². The summed E-state index contributed by atoms with van der Waals surface area (Å²) in [5, 5.41) is 5.20. The Balaban J connectivity index is 1.64. The minimum absolute atomic E-state index is 0.00739. The van der Waals surface area contributed by atoms with E-state index in [0.717, 1.165) is 6.42 Å². The fraction of sp³-hybridized carbons (Fsp3) is 0.571. The van der Waals surface area contributed by atoms with E-state index in [2.05, 4.69) is 0 Å². The van der Waals surface area contributed by atoms with E-state index in [1.807, 2.05) is 90.4 Å². The Bertz CT molecular complexity index is 1300. The summed E-state index contributed by atoms with van der Waals surface area (Å²) in [5.74, 6) is -3.26. The second-order valence-electron chi connectivity index (χ2n) is 9.81. The number of halogens is 6. The molecule has 0 aliphatic heterocycles. The Morgan fingerprint density at radius 3 is 1.95 bits per heavy atom. The Kier molecular flexibility index (Phi) is 8.43. The van der Waals surface area contributed by atoms with Gasteiger partial charge >= 0.3 is 33.3 Å². The zero-order valence-electron chi connectivity index (χ0n) is 18.5. The standard InChI is InChI=1S/C21H18F2I4O9S/c22-21(23,37(32,33)34)7-35-18(31)19-2-8-1-9(3-19)5-20(4-8,6-19)36-17(30)11-10(16(28)29)12(24)14(26)15(27)13(11)25/h8-9H,1-7H2,(H,28,29)(H,32,33,34). The maximum Gasteiger partial charge on any atom is 0.402 e. The van der Waals surface area contributed by atoms with Gasteiger partial charge in [-0.1, -0.05) is 0 Å². The Morgan fingerprint density at radius 1 is 0.946 bits per heavy atom. The van der Waals surface area contributed by atoms with Crippen molar-refractivity contribution in [2.75, 3.05) is 6.61 Å². The maximum absolute atomic E-state index is 13.7. The minimum atomic E-state index is -5.77. The van der Waals surface area contributed by atoms with Gasteiger partial charge in [-0.2, -0.15) is 17.2 Å². The van der Waals surface area contributed by atoms with Crippen molar-refractivity contribution in [1.82, 2.24) is 0 Å². The molecule has 2 atom stereocenters. The lowest BCUT2D eigenvalue weighted by Crippen LogP contribution is -2.60. The highest BCUT2D eigenvalue weighted by molar-refractivity contribution is 14.1. The first kappa shape index (κ1) is 30.3. The molecule has 5 rings (SSSR count). The number of hydrogen-bond acceptors (Lipinski definition) is 7. The second-order valence-corrected chi connectivity index (χ2v) is 15.7. The van der Waals surface area contributed by atoms with Crippen molar-refractivity contribution in [2.24, 2.45) is 17.3 Å². The molecule has 0 radical (unpaired) electrons. The van der Waals surface area contributed by atoms with Gasteiger partial charge in [0.15, 0.2) is 6.61 Å². The van der Waals surface area contributed by atoms with E-state index in [1.54, 1.807) is 0 Å². The van der Waals surface area contributed by atoms with Gasteiger partial charge in [-0.05, 0) is 134 Å². The summed E-state index contributed by atoms with van der Waals surface area (Å²) in [6, 6.07) is 0. The molecule has 16 heteroatoms. The molecule has 4 aliphatic rings. The lowest BCUT2D eigenvalue weighted by molar-refractivity contribution is -0.200. The van der Waals surface area contributed by atoms with Crippen LogP contribution in [0.25, 0.3) is 0 Å². The zero-order valence-corrected chi connectivity index (χ0v) is 28.0. The van der Waals surface area contributed by atoms with Crippen LogP contribution in [0.4, 0.5) is 8.78 Å². The Morgan fingerprint density at radius 2 is 1.46 bits per heavy atom. The molecular formula is C21H18F2I4O9S. The summed E-state index contributed by atoms with van der Waals surface area (Å²) in [6.45, 7) is -1.83. The van der Waals surface area contributed by atoms with Crippen LogP contribution in [-0.2, 0) is 24.4 Å². The average molecular weight is 992 g/mol. The van der Waals surface area contributed by atoms with Gasteiger partial charge in [-0.25, -0.2) is 9.59 Å². The van der Waals surface area contributed by atoms with Crippen LogP contribution in [0, 0.1) is 31.5 Å². The molecule has 2 unspecified atom stereocenters. The van der Waals surface area contributed by atoms with E-state index in [-0.39, 0.29) is 29.4 Å². The summed E-state index contributed by atoms with van der Waals surface area (Å²) < 4.78 is 70.9. The highest BCUT2D eigenvalue weighted by Gasteiger charge is 2.63. The molecule has 0 heterocycles. The molecule has 0 saturated heterocycles. The van der Waals surface area contributed by atoms with E-state index in [4.69, 9.17) is 14.0 Å². The van der Waals surface area contributed by atoms with Gasteiger partial charge in [0.1, 0.15) is 5.60 Å². The Hall–Kier alpha value is 0.320.